The quantitative estimate of drug-likeness (QED) is 0.372. The van der Waals surface area contributed by atoms with Crippen molar-refractivity contribution >= 4 is 66.8 Å². The average molecular weight is 381 g/mol. The standard InChI is InChI=1S/C20H10Cl2N2O2/c21-13-6-5-10-18(17(13)22)24-16-8-11-15(7-12(16)20(10)26)23-14-4-2-1-3-9(14)19(11)25/h1-8H,(H,23,25)(H,24,26). The molecule has 2 N–H and O–H groups in total. The van der Waals surface area contributed by atoms with E-state index in [-0.39, 0.29) is 15.9 Å². The second kappa shape index (κ2) is 5.34. The van der Waals surface area contributed by atoms with Gasteiger partial charge in [-0.3, -0.25) is 9.59 Å². The Morgan fingerprint density at radius 2 is 1.31 bits per heavy atom. The summed E-state index contributed by atoms with van der Waals surface area (Å²) in [7, 11) is 0. The third kappa shape index (κ3) is 2.03. The number of H-pyrrole nitrogens is 2. The number of halogens is 2. The summed E-state index contributed by atoms with van der Waals surface area (Å²) in [4.78, 5) is 32.2. The Bertz CT molecular complexity index is 1500. The summed E-state index contributed by atoms with van der Waals surface area (Å²) in [5, 5.41) is 2.69. The first-order valence-corrected chi connectivity index (χ1v) is 8.68. The number of pyridine rings is 2. The van der Waals surface area contributed by atoms with Crippen molar-refractivity contribution < 1.29 is 0 Å². The van der Waals surface area contributed by atoms with Crippen LogP contribution in [0.1, 0.15) is 0 Å². The molecule has 2 aromatic heterocycles. The molecule has 0 unspecified atom stereocenters. The first kappa shape index (κ1) is 15.4. The largest absolute Gasteiger partial charge is 0.354 e. The minimum Gasteiger partial charge on any atom is -0.354 e. The highest BCUT2D eigenvalue weighted by Crippen LogP contribution is 2.30. The lowest BCUT2D eigenvalue weighted by molar-refractivity contribution is 1.46. The van der Waals surface area contributed by atoms with Crippen LogP contribution in [0.15, 0.2) is 58.1 Å². The molecule has 5 aromatic rings. The summed E-state index contributed by atoms with van der Waals surface area (Å²) in [5.41, 5.74) is 2.10. The normalized spacial score (nSPS) is 11.8. The fourth-order valence-electron chi connectivity index (χ4n) is 3.40. The van der Waals surface area contributed by atoms with Gasteiger partial charge in [0, 0.05) is 27.1 Å². The first-order chi connectivity index (χ1) is 12.5. The van der Waals surface area contributed by atoms with Crippen LogP contribution in [0.25, 0.3) is 43.6 Å². The Morgan fingerprint density at radius 3 is 2.08 bits per heavy atom. The Kier molecular flexibility index (Phi) is 3.17. The molecule has 0 amide bonds. The molecule has 5 rings (SSSR count). The molecule has 0 fully saturated rings. The van der Waals surface area contributed by atoms with Gasteiger partial charge in [0.05, 0.1) is 26.6 Å². The molecule has 0 saturated carbocycles. The van der Waals surface area contributed by atoms with E-state index >= 15 is 0 Å². The molecular weight excluding hydrogens is 371 g/mol. The van der Waals surface area contributed by atoms with Gasteiger partial charge >= 0.3 is 0 Å². The minimum absolute atomic E-state index is 0.0885. The van der Waals surface area contributed by atoms with E-state index in [2.05, 4.69) is 9.97 Å². The van der Waals surface area contributed by atoms with E-state index in [9.17, 15) is 9.59 Å². The average Bonchev–Trinajstić information content (AvgIpc) is 2.65. The maximum atomic E-state index is 12.9. The molecule has 0 radical (unpaired) electrons. The summed E-state index contributed by atoms with van der Waals surface area (Å²) in [6, 6.07) is 13.9. The van der Waals surface area contributed by atoms with E-state index in [4.69, 9.17) is 23.2 Å². The number of nitrogens with one attached hydrogen (secondary N) is 2. The van der Waals surface area contributed by atoms with Gasteiger partial charge in [-0.05, 0) is 36.4 Å². The molecule has 0 spiro atoms. The molecule has 0 atom stereocenters. The summed E-state index contributed by atoms with van der Waals surface area (Å²) in [5.74, 6) is 0. The second-order valence-corrected chi connectivity index (χ2v) is 6.97. The maximum absolute atomic E-state index is 12.9. The van der Waals surface area contributed by atoms with Crippen LogP contribution < -0.4 is 10.9 Å². The molecule has 0 aliphatic carbocycles. The van der Waals surface area contributed by atoms with Gasteiger partial charge in [-0.2, -0.15) is 0 Å². The number of aromatic nitrogens is 2. The molecule has 0 saturated heterocycles. The lowest BCUT2D eigenvalue weighted by atomic mass is 10.1. The van der Waals surface area contributed by atoms with Crippen LogP contribution in [0, 0.1) is 0 Å². The second-order valence-electron chi connectivity index (χ2n) is 6.18. The SMILES string of the molecule is O=c1c2ccccc2[nH]c2cc3c(=O)c4ccc(Cl)c(Cl)c4[nH]c3cc12. The Balaban J connectivity index is 2.03. The van der Waals surface area contributed by atoms with E-state index in [0.717, 1.165) is 5.52 Å². The van der Waals surface area contributed by atoms with Crippen molar-refractivity contribution in [2.45, 2.75) is 0 Å². The van der Waals surface area contributed by atoms with E-state index < -0.39 is 0 Å². The topological polar surface area (TPSA) is 65.7 Å². The van der Waals surface area contributed by atoms with Crippen molar-refractivity contribution in [3.63, 3.8) is 0 Å². The lowest BCUT2D eigenvalue weighted by Crippen LogP contribution is -2.08. The number of fused-ring (bicyclic) bond motifs is 4. The lowest BCUT2D eigenvalue weighted by Gasteiger charge is -2.08. The van der Waals surface area contributed by atoms with Crippen LogP contribution in [0.2, 0.25) is 10.0 Å². The van der Waals surface area contributed by atoms with E-state index in [0.29, 0.717) is 43.1 Å². The van der Waals surface area contributed by atoms with Crippen molar-refractivity contribution in [1.29, 1.82) is 0 Å². The third-order valence-electron chi connectivity index (χ3n) is 4.69. The van der Waals surface area contributed by atoms with Crippen LogP contribution in [-0.4, -0.2) is 9.97 Å². The number of para-hydroxylation sites is 1. The number of benzene rings is 3. The molecule has 0 aliphatic heterocycles. The first-order valence-electron chi connectivity index (χ1n) is 7.93. The number of hydrogen-bond donors (Lipinski definition) is 2. The summed E-state index contributed by atoms with van der Waals surface area (Å²) in [6.07, 6.45) is 0. The molecule has 0 bridgehead atoms. The van der Waals surface area contributed by atoms with E-state index in [1.807, 2.05) is 18.2 Å². The number of rotatable bonds is 0. The Labute approximate surface area is 156 Å². The highest BCUT2D eigenvalue weighted by molar-refractivity contribution is 6.45. The molecule has 26 heavy (non-hydrogen) atoms. The predicted octanol–water partition coefficient (Wildman–Crippen LogP) is 4.98. The van der Waals surface area contributed by atoms with Gasteiger partial charge in [0.25, 0.3) is 0 Å². The summed E-state index contributed by atoms with van der Waals surface area (Å²) < 4.78 is 0. The van der Waals surface area contributed by atoms with Crippen molar-refractivity contribution in [2.75, 3.05) is 0 Å². The van der Waals surface area contributed by atoms with Crippen LogP contribution in [0.4, 0.5) is 0 Å². The van der Waals surface area contributed by atoms with E-state index in [1.54, 1.807) is 30.3 Å². The smallest absolute Gasteiger partial charge is 0.197 e. The van der Waals surface area contributed by atoms with Crippen molar-refractivity contribution in [2.24, 2.45) is 0 Å². The highest BCUT2D eigenvalue weighted by atomic mass is 35.5. The molecular formula is C20H10Cl2N2O2. The van der Waals surface area contributed by atoms with Gasteiger partial charge in [-0.25, -0.2) is 0 Å². The number of hydrogen-bond acceptors (Lipinski definition) is 2. The fourth-order valence-corrected chi connectivity index (χ4v) is 3.77. The van der Waals surface area contributed by atoms with Crippen molar-refractivity contribution in [1.82, 2.24) is 9.97 Å². The van der Waals surface area contributed by atoms with Gasteiger partial charge in [-0.1, -0.05) is 35.3 Å². The Hall–Kier alpha value is -2.82. The van der Waals surface area contributed by atoms with Crippen LogP contribution in [0.3, 0.4) is 0 Å². The molecule has 2 heterocycles. The zero-order valence-corrected chi connectivity index (χ0v) is 14.7. The van der Waals surface area contributed by atoms with E-state index in [1.165, 1.54) is 0 Å². The van der Waals surface area contributed by atoms with Crippen LogP contribution >= 0.6 is 23.2 Å². The number of aromatic amines is 2. The van der Waals surface area contributed by atoms with Crippen LogP contribution in [0.5, 0.6) is 0 Å². The molecule has 0 aliphatic rings. The maximum Gasteiger partial charge on any atom is 0.197 e. The van der Waals surface area contributed by atoms with Crippen molar-refractivity contribution in [3.8, 4) is 0 Å². The van der Waals surface area contributed by atoms with Gasteiger partial charge in [0.2, 0.25) is 0 Å². The third-order valence-corrected chi connectivity index (χ3v) is 5.49. The molecule has 4 nitrogen and oxygen atoms in total. The molecule has 3 aromatic carbocycles. The van der Waals surface area contributed by atoms with Gasteiger partial charge in [-0.15, -0.1) is 0 Å². The van der Waals surface area contributed by atoms with Crippen molar-refractivity contribution in [3.05, 3.63) is 79.0 Å². The van der Waals surface area contributed by atoms with Gasteiger partial charge in [0.15, 0.2) is 10.9 Å². The van der Waals surface area contributed by atoms with Gasteiger partial charge in [0.1, 0.15) is 0 Å². The predicted molar refractivity (Wildman–Crippen MR) is 108 cm³/mol. The summed E-state index contributed by atoms with van der Waals surface area (Å²) in [6.45, 7) is 0. The molecule has 6 heteroatoms. The zero-order chi connectivity index (χ0) is 18.0. The highest BCUT2D eigenvalue weighted by Gasteiger charge is 2.13. The monoisotopic (exact) mass is 380 g/mol. The van der Waals surface area contributed by atoms with Crippen LogP contribution in [-0.2, 0) is 0 Å². The molecule has 126 valence electrons. The minimum atomic E-state index is -0.164. The zero-order valence-electron chi connectivity index (χ0n) is 13.2. The summed E-state index contributed by atoms with van der Waals surface area (Å²) >= 11 is 12.3. The Morgan fingerprint density at radius 1 is 0.654 bits per heavy atom. The fraction of sp³-hybridized carbons (Fsp3) is 0. The van der Waals surface area contributed by atoms with Gasteiger partial charge < -0.3 is 9.97 Å².